The van der Waals surface area contributed by atoms with E-state index in [0.29, 0.717) is 18.7 Å². The minimum absolute atomic E-state index is 0.198. The number of amides is 1. The molecule has 1 amide bonds. The van der Waals surface area contributed by atoms with Crippen molar-refractivity contribution >= 4 is 5.91 Å². The van der Waals surface area contributed by atoms with E-state index in [1.807, 2.05) is 0 Å². The van der Waals surface area contributed by atoms with Gasteiger partial charge in [0, 0.05) is 18.7 Å². The number of ether oxygens (including phenoxy) is 1. The van der Waals surface area contributed by atoms with Gasteiger partial charge >= 0.3 is 0 Å². The van der Waals surface area contributed by atoms with Crippen LogP contribution < -0.4 is 5.32 Å². The summed E-state index contributed by atoms with van der Waals surface area (Å²) in [5, 5.41) is 10.1. The molecule has 0 aromatic carbocycles. The lowest BCUT2D eigenvalue weighted by atomic mass is 10.0. The van der Waals surface area contributed by atoms with Crippen molar-refractivity contribution in [1.82, 2.24) is 25.5 Å². The molecule has 114 valence electrons. The number of carbonyl (C=O) groups excluding carboxylic acids is 1. The van der Waals surface area contributed by atoms with Gasteiger partial charge in [-0.25, -0.2) is 9.97 Å². The smallest absolute Gasteiger partial charge is 0.253 e. The van der Waals surface area contributed by atoms with Gasteiger partial charge in [-0.15, -0.1) is 0 Å². The van der Waals surface area contributed by atoms with Crippen molar-refractivity contribution < 1.29 is 9.53 Å². The second-order valence-electron chi connectivity index (χ2n) is 5.13. The lowest BCUT2D eigenvalue weighted by Crippen LogP contribution is -2.24. The predicted octanol–water partition coefficient (Wildman–Crippen LogP) is 1.09. The van der Waals surface area contributed by atoms with Gasteiger partial charge in [0.1, 0.15) is 5.82 Å². The normalized spacial score (nSPS) is 17.9. The fourth-order valence-electron chi connectivity index (χ4n) is 2.35. The highest BCUT2D eigenvalue weighted by molar-refractivity contribution is 5.93. The number of hydrogen-bond donors (Lipinski definition) is 1. The summed E-state index contributed by atoms with van der Waals surface area (Å²) < 4.78 is 5.47. The molecule has 3 rings (SSSR count). The number of hydrogen-bond acceptors (Lipinski definition) is 6. The van der Waals surface area contributed by atoms with Crippen LogP contribution in [0.25, 0.3) is 0 Å². The Labute approximate surface area is 128 Å². The minimum atomic E-state index is -0.198. The third-order valence-corrected chi connectivity index (χ3v) is 3.53. The fraction of sp³-hybridized carbons (Fsp3) is 0.400. The maximum atomic E-state index is 12.0. The summed E-state index contributed by atoms with van der Waals surface area (Å²) in [6.45, 7) is 1.83. The molecule has 0 unspecified atom stereocenters. The molecule has 0 saturated carbocycles. The zero-order valence-corrected chi connectivity index (χ0v) is 12.1. The van der Waals surface area contributed by atoms with Crippen molar-refractivity contribution in [3.8, 4) is 0 Å². The van der Waals surface area contributed by atoms with Crippen LogP contribution in [0.2, 0.25) is 0 Å². The summed E-state index contributed by atoms with van der Waals surface area (Å²) in [6, 6.07) is 3.42. The first kappa shape index (κ1) is 14.5. The first-order valence-electron chi connectivity index (χ1n) is 7.27. The lowest BCUT2D eigenvalue weighted by molar-refractivity contribution is 0.0779. The molecule has 3 heterocycles. The molecule has 0 aliphatic carbocycles. The quantitative estimate of drug-likeness (QED) is 0.909. The zero-order valence-electron chi connectivity index (χ0n) is 12.1. The summed E-state index contributed by atoms with van der Waals surface area (Å²) in [5.41, 5.74) is 1.26. The van der Waals surface area contributed by atoms with E-state index in [1.165, 1.54) is 12.4 Å². The van der Waals surface area contributed by atoms with Crippen molar-refractivity contribution in [2.24, 2.45) is 0 Å². The summed E-state index contributed by atoms with van der Waals surface area (Å²) >= 11 is 0. The van der Waals surface area contributed by atoms with E-state index in [2.05, 4.69) is 25.5 Å². The Morgan fingerprint density at radius 3 is 3.05 bits per heavy atom. The second kappa shape index (κ2) is 7.04. The molecule has 2 aromatic heterocycles. The maximum Gasteiger partial charge on any atom is 0.253 e. The van der Waals surface area contributed by atoms with Gasteiger partial charge in [0.25, 0.3) is 5.91 Å². The molecule has 0 radical (unpaired) electrons. The minimum Gasteiger partial charge on any atom is -0.381 e. The van der Waals surface area contributed by atoms with Crippen molar-refractivity contribution in [3.63, 3.8) is 0 Å². The Balaban J connectivity index is 1.62. The van der Waals surface area contributed by atoms with E-state index in [1.54, 1.807) is 18.3 Å². The van der Waals surface area contributed by atoms with Gasteiger partial charge in [-0.05, 0) is 25.0 Å². The Morgan fingerprint density at radius 1 is 1.32 bits per heavy atom. The van der Waals surface area contributed by atoms with E-state index in [-0.39, 0.29) is 11.8 Å². The van der Waals surface area contributed by atoms with Crippen molar-refractivity contribution in [3.05, 3.63) is 47.8 Å². The highest BCUT2D eigenvalue weighted by Gasteiger charge is 2.18. The Morgan fingerprint density at radius 2 is 2.27 bits per heavy atom. The van der Waals surface area contributed by atoms with Gasteiger partial charge < -0.3 is 10.1 Å². The van der Waals surface area contributed by atoms with Crippen LogP contribution in [0, 0.1) is 0 Å². The van der Waals surface area contributed by atoms with E-state index >= 15 is 0 Å². The lowest BCUT2D eigenvalue weighted by Gasteiger charge is -2.20. The van der Waals surface area contributed by atoms with Crippen LogP contribution in [0.4, 0.5) is 0 Å². The third-order valence-electron chi connectivity index (χ3n) is 3.53. The Bertz CT molecular complexity index is 629. The van der Waals surface area contributed by atoms with Gasteiger partial charge in [-0.1, -0.05) is 0 Å². The average Bonchev–Trinajstić information content (AvgIpc) is 2.61. The van der Waals surface area contributed by atoms with Crippen LogP contribution in [-0.4, -0.2) is 39.3 Å². The zero-order chi connectivity index (χ0) is 15.2. The highest BCUT2D eigenvalue weighted by Crippen LogP contribution is 2.22. The Hall–Kier alpha value is -2.41. The highest BCUT2D eigenvalue weighted by atomic mass is 16.5. The third kappa shape index (κ3) is 3.62. The molecule has 1 atom stereocenters. The average molecular weight is 299 g/mol. The van der Waals surface area contributed by atoms with Crippen LogP contribution in [0.15, 0.2) is 30.7 Å². The second-order valence-corrected chi connectivity index (χ2v) is 5.13. The topological polar surface area (TPSA) is 89.9 Å². The monoisotopic (exact) mass is 299 g/mol. The van der Waals surface area contributed by atoms with Crippen LogP contribution in [0.1, 0.15) is 40.6 Å². The van der Waals surface area contributed by atoms with Gasteiger partial charge in [-0.2, -0.15) is 10.2 Å². The number of nitrogens with one attached hydrogen (secondary N) is 1. The molecule has 22 heavy (non-hydrogen) atoms. The largest absolute Gasteiger partial charge is 0.381 e. The molecular formula is C15H17N5O2. The molecule has 0 spiro atoms. The van der Waals surface area contributed by atoms with Gasteiger partial charge in [0.15, 0.2) is 0 Å². The number of aromatic nitrogens is 4. The SMILES string of the molecule is O=C(NCc1ccnc([C@@H]2CCCOC2)n1)c1ccnnc1. The Kier molecular flexibility index (Phi) is 4.65. The van der Waals surface area contributed by atoms with E-state index in [0.717, 1.165) is 31.0 Å². The van der Waals surface area contributed by atoms with Gasteiger partial charge in [0.05, 0.1) is 36.8 Å². The molecule has 1 aliphatic heterocycles. The molecule has 1 aliphatic rings. The molecule has 1 saturated heterocycles. The van der Waals surface area contributed by atoms with Gasteiger partial charge in [0.2, 0.25) is 0 Å². The van der Waals surface area contributed by atoms with Crippen molar-refractivity contribution in [2.45, 2.75) is 25.3 Å². The molecule has 0 bridgehead atoms. The standard InChI is InChI=1S/C15H17N5O2/c21-15(11-3-6-18-19-8-11)17-9-13-4-5-16-14(20-13)12-2-1-7-22-10-12/h3-6,8,12H,1-2,7,9-10H2,(H,17,21)/t12-/m1/s1. The maximum absolute atomic E-state index is 12.0. The molecule has 7 heteroatoms. The predicted molar refractivity (Wildman–Crippen MR) is 78.0 cm³/mol. The summed E-state index contributed by atoms with van der Waals surface area (Å²) in [6.07, 6.45) is 6.72. The first-order valence-corrected chi connectivity index (χ1v) is 7.27. The summed E-state index contributed by atoms with van der Waals surface area (Å²) in [4.78, 5) is 20.8. The van der Waals surface area contributed by atoms with Crippen molar-refractivity contribution in [1.29, 1.82) is 0 Å². The number of rotatable bonds is 4. The van der Waals surface area contributed by atoms with E-state index in [9.17, 15) is 4.79 Å². The molecular weight excluding hydrogens is 282 g/mol. The first-order chi connectivity index (χ1) is 10.8. The molecule has 1 fully saturated rings. The van der Waals surface area contributed by atoms with E-state index in [4.69, 9.17) is 4.74 Å². The fourth-order valence-corrected chi connectivity index (χ4v) is 2.35. The van der Waals surface area contributed by atoms with E-state index < -0.39 is 0 Å². The van der Waals surface area contributed by atoms with Gasteiger partial charge in [-0.3, -0.25) is 4.79 Å². The molecule has 7 nitrogen and oxygen atoms in total. The number of nitrogens with zero attached hydrogens (tertiary/aromatic N) is 4. The van der Waals surface area contributed by atoms with Crippen LogP contribution in [-0.2, 0) is 11.3 Å². The number of carbonyl (C=O) groups is 1. The van der Waals surface area contributed by atoms with Crippen LogP contribution >= 0.6 is 0 Å². The van der Waals surface area contributed by atoms with Crippen LogP contribution in [0.3, 0.4) is 0 Å². The molecule has 1 N–H and O–H groups in total. The molecule has 2 aromatic rings. The summed E-state index contributed by atoms with van der Waals surface area (Å²) in [7, 11) is 0. The van der Waals surface area contributed by atoms with Crippen LogP contribution in [0.5, 0.6) is 0 Å². The summed E-state index contributed by atoms with van der Waals surface area (Å²) in [5.74, 6) is 0.835. The van der Waals surface area contributed by atoms with Crippen molar-refractivity contribution in [2.75, 3.05) is 13.2 Å².